The van der Waals surface area contributed by atoms with Crippen molar-refractivity contribution in [3.63, 3.8) is 0 Å². The predicted molar refractivity (Wildman–Crippen MR) is 54.2 cm³/mol. The Hall–Kier alpha value is -0.0400. The number of hydrogen-bond acceptors (Lipinski definition) is 1. The molecule has 0 saturated carbocycles. The van der Waals surface area contributed by atoms with Crippen LogP contribution < -0.4 is 0 Å². The van der Waals surface area contributed by atoms with Crippen LogP contribution >= 0.6 is 0 Å². The van der Waals surface area contributed by atoms with Gasteiger partial charge in [-0.3, -0.25) is 0 Å². The minimum atomic E-state index is -0.506. The zero-order chi connectivity index (χ0) is 9.78. The Morgan fingerprint density at radius 3 is 2.00 bits per heavy atom. The normalized spacial score (nSPS) is 17.5. The molecular weight excluding hydrogens is 148 g/mol. The lowest BCUT2D eigenvalue weighted by Gasteiger charge is -2.26. The van der Waals surface area contributed by atoms with Crippen molar-refractivity contribution in [3.8, 4) is 0 Å². The molecule has 0 rings (SSSR count). The summed E-state index contributed by atoms with van der Waals surface area (Å²) in [4.78, 5) is 0. The average molecular weight is 172 g/mol. The molecule has 12 heavy (non-hydrogen) atoms. The van der Waals surface area contributed by atoms with Crippen molar-refractivity contribution in [1.29, 1.82) is 0 Å². The summed E-state index contributed by atoms with van der Waals surface area (Å²) in [5.41, 5.74) is -0.506. The van der Waals surface area contributed by atoms with Crippen molar-refractivity contribution in [3.05, 3.63) is 0 Å². The van der Waals surface area contributed by atoms with E-state index in [-0.39, 0.29) is 0 Å². The molecule has 0 aliphatic heterocycles. The second-order valence-corrected chi connectivity index (χ2v) is 4.65. The fraction of sp³-hybridized carbons (Fsp3) is 1.00. The molecule has 0 radical (unpaired) electrons. The Labute approximate surface area is 77.2 Å². The maximum Gasteiger partial charge on any atom is 0.0617 e. The summed E-state index contributed by atoms with van der Waals surface area (Å²) in [6, 6.07) is 0. The maximum absolute atomic E-state index is 9.67. The van der Waals surface area contributed by atoms with Crippen LogP contribution in [0.1, 0.15) is 53.9 Å². The van der Waals surface area contributed by atoms with Crippen molar-refractivity contribution in [2.75, 3.05) is 0 Å². The summed E-state index contributed by atoms with van der Waals surface area (Å²) in [5.74, 6) is 1.21. The van der Waals surface area contributed by atoms with Crippen LogP contribution in [0, 0.1) is 11.8 Å². The van der Waals surface area contributed by atoms with E-state index in [2.05, 4.69) is 20.8 Å². The standard InChI is InChI=1S/C11H24O/c1-6-9(2)7-8-10(3)11(4,5)12/h9-10,12H,6-8H2,1-5H3. The summed E-state index contributed by atoms with van der Waals surface area (Å²) in [6.07, 6.45) is 3.62. The van der Waals surface area contributed by atoms with E-state index in [1.807, 2.05) is 13.8 Å². The first-order valence-corrected chi connectivity index (χ1v) is 5.10. The summed E-state index contributed by atoms with van der Waals surface area (Å²) < 4.78 is 0. The molecule has 0 aromatic carbocycles. The molecule has 0 heterocycles. The molecule has 0 spiro atoms. The summed E-state index contributed by atoms with van der Waals surface area (Å²) >= 11 is 0. The molecule has 0 amide bonds. The van der Waals surface area contributed by atoms with Gasteiger partial charge in [0.05, 0.1) is 5.60 Å². The summed E-state index contributed by atoms with van der Waals surface area (Å²) in [5, 5.41) is 9.67. The van der Waals surface area contributed by atoms with Crippen LogP contribution in [-0.2, 0) is 0 Å². The molecule has 0 aliphatic carbocycles. The van der Waals surface area contributed by atoms with Gasteiger partial charge in [0.25, 0.3) is 0 Å². The van der Waals surface area contributed by atoms with Gasteiger partial charge in [0, 0.05) is 0 Å². The Morgan fingerprint density at radius 2 is 1.67 bits per heavy atom. The maximum atomic E-state index is 9.67. The van der Waals surface area contributed by atoms with E-state index in [9.17, 15) is 5.11 Å². The van der Waals surface area contributed by atoms with Crippen LogP contribution in [0.15, 0.2) is 0 Å². The zero-order valence-corrected chi connectivity index (χ0v) is 9.22. The summed E-state index contributed by atoms with van der Waals surface area (Å²) in [7, 11) is 0. The van der Waals surface area contributed by atoms with Crippen LogP contribution in [0.4, 0.5) is 0 Å². The van der Waals surface area contributed by atoms with Gasteiger partial charge in [0.15, 0.2) is 0 Å². The van der Waals surface area contributed by atoms with Gasteiger partial charge in [-0.1, -0.05) is 33.6 Å². The average Bonchev–Trinajstić information content (AvgIpc) is 1.97. The monoisotopic (exact) mass is 172 g/mol. The van der Waals surface area contributed by atoms with Crippen LogP contribution in [0.3, 0.4) is 0 Å². The Bertz CT molecular complexity index is 113. The van der Waals surface area contributed by atoms with Crippen molar-refractivity contribution in [1.82, 2.24) is 0 Å². The van der Waals surface area contributed by atoms with Gasteiger partial charge in [-0.2, -0.15) is 0 Å². The van der Waals surface area contributed by atoms with E-state index in [0.717, 1.165) is 12.3 Å². The van der Waals surface area contributed by atoms with Gasteiger partial charge in [-0.15, -0.1) is 0 Å². The molecule has 0 bridgehead atoms. The highest BCUT2D eigenvalue weighted by molar-refractivity contribution is 4.73. The molecule has 2 atom stereocenters. The minimum absolute atomic E-state index is 0.409. The van der Waals surface area contributed by atoms with Crippen LogP contribution in [0.2, 0.25) is 0 Å². The lowest BCUT2D eigenvalue weighted by molar-refractivity contribution is 0.0190. The van der Waals surface area contributed by atoms with Gasteiger partial charge >= 0.3 is 0 Å². The molecule has 1 N–H and O–H groups in total. The van der Waals surface area contributed by atoms with E-state index in [0.29, 0.717) is 5.92 Å². The van der Waals surface area contributed by atoms with Crippen molar-refractivity contribution in [2.45, 2.75) is 59.5 Å². The van der Waals surface area contributed by atoms with Crippen LogP contribution in [-0.4, -0.2) is 10.7 Å². The largest absolute Gasteiger partial charge is 0.390 e. The SMILES string of the molecule is CCC(C)CCC(C)C(C)(C)O. The highest BCUT2D eigenvalue weighted by Gasteiger charge is 2.21. The molecule has 0 aromatic rings. The molecule has 1 nitrogen and oxygen atoms in total. The van der Waals surface area contributed by atoms with Crippen molar-refractivity contribution >= 4 is 0 Å². The van der Waals surface area contributed by atoms with E-state index in [4.69, 9.17) is 0 Å². The van der Waals surface area contributed by atoms with Crippen molar-refractivity contribution in [2.24, 2.45) is 11.8 Å². The number of hydrogen-bond donors (Lipinski definition) is 1. The first kappa shape index (κ1) is 12.0. The molecule has 0 fully saturated rings. The highest BCUT2D eigenvalue weighted by atomic mass is 16.3. The van der Waals surface area contributed by atoms with Gasteiger partial charge < -0.3 is 5.11 Å². The van der Waals surface area contributed by atoms with E-state index in [1.54, 1.807) is 0 Å². The molecule has 1 heteroatoms. The van der Waals surface area contributed by atoms with Crippen LogP contribution in [0.25, 0.3) is 0 Å². The molecule has 0 saturated heterocycles. The topological polar surface area (TPSA) is 20.2 Å². The second kappa shape index (κ2) is 4.86. The van der Waals surface area contributed by atoms with Crippen LogP contribution in [0.5, 0.6) is 0 Å². The first-order valence-electron chi connectivity index (χ1n) is 5.10. The molecule has 74 valence electrons. The third-order valence-corrected chi connectivity index (χ3v) is 3.00. The second-order valence-electron chi connectivity index (χ2n) is 4.65. The Morgan fingerprint density at radius 1 is 1.17 bits per heavy atom. The van der Waals surface area contributed by atoms with Crippen molar-refractivity contribution < 1.29 is 5.11 Å². The lowest BCUT2D eigenvalue weighted by atomic mass is 9.86. The third kappa shape index (κ3) is 4.76. The molecule has 0 aromatic heterocycles. The van der Waals surface area contributed by atoms with Gasteiger partial charge in [0.1, 0.15) is 0 Å². The van der Waals surface area contributed by atoms with E-state index < -0.39 is 5.60 Å². The molecule has 0 aliphatic rings. The molecular formula is C11H24O. The summed E-state index contributed by atoms with van der Waals surface area (Å²) in [6.45, 7) is 10.4. The number of rotatable bonds is 5. The Kier molecular flexibility index (Phi) is 4.84. The third-order valence-electron chi connectivity index (χ3n) is 3.00. The fourth-order valence-electron chi connectivity index (χ4n) is 1.09. The fourth-order valence-corrected chi connectivity index (χ4v) is 1.09. The zero-order valence-electron chi connectivity index (χ0n) is 9.22. The lowest BCUT2D eigenvalue weighted by Crippen LogP contribution is -2.28. The quantitative estimate of drug-likeness (QED) is 0.675. The smallest absolute Gasteiger partial charge is 0.0617 e. The molecule has 2 unspecified atom stereocenters. The highest BCUT2D eigenvalue weighted by Crippen LogP contribution is 2.23. The Balaban J connectivity index is 3.64. The van der Waals surface area contributed by atoms with E-state index >= 15 is 0 Å². The van der Waals surface area contributed by atoms with E-state index in [1.165, 1.54) is 12.8 Å². The first-order chi connectivity index (χ1) is 5.38. The number of aliphatic hydroxyl groups is 1. The van der Waals surface area contributed by atoms with Gasteiger partial charge in [0.2, 0.25) is 0 Å². The van der Waals surface area contributed by atoms with Gasteiger partial charge in [-0.05, 0) is 32.1 Å². The predicted octanol–water partition coefficient (Wildman–Crippen LogP) is 3.22. The minimum Gasteiger partial charge on any atom is -0.390 e. The van der Waals surface area contributed by atoms with Gasteiger partial charge in [-0.25, -0.2) is 0 Å².